The van der Waals surface area contributed by atoms with E-state index in [4.69, 9.17) is 5.11 Å². The monoisotopic (exact) mass is 317 g/mol. The van der Waals surface area contributed by atoms with Crippen LogP contribution in [-0.2, 0) is 6.42 Å². The lowest BCUT2D eigenvalue weighted by Crippen LogP contribution is -2.29. The number of imide groups is 1. The molecule has 1 aromatic heterocycles. The average Bonchev–Trinajstić information content (AvgIpc) is 3.03. The van der Waals surface area contributed by atoms with E-state index in [0.29, 0.717) is 0 Å². The molecule has 22 heavy (non-hydrogen) atoms. The van der Waals surface area contributed by atoms with E-state index in [1.807, 2.05) is 6.92 Å². The molecule has 0 atom stereocenters. The zero-order valence-electron chi connectivity index (χ0n) is 11.6. The SMILES string of the molecule is CCCc1nnc(N2C(=O)c3ccc(C(=O)O)cc3C2=O)s1. The van der Waals surface area contributed by atoms with Crippen LogP contribution in [0.2, 0.25) is 0 Å². The Labute approximate surface area is 129 Å². The zero-order valence-corrected chi connectivity index (χ0v) is 12.4. The summed E-state index contributed by atoms with van der Waals surface area (Å²) in [5.74, 6) is -2.22. The molecule has 0 fully saturated rings. The molecule has 0 aliphatic carbocycles. The Morgan fingerprint density at radius 2 is 1.95 bits per heavy atom. The number of hydrogen-bond acceptors (Lipinski definition) is 6. The van der Waals surface area contributed by atoms with Gasteiger partial charge >= 0.3 is 5.97 Å². The molecule has 0 saturated heterocycles. The number of aromatic carboxylic acids is 1. The van der Waals surface area contributed by atoms with Crippen molar-refractivity contribution in [2.24, 2.45) is 0 Å². The van der Waals surface area contributed by atoms with Crippen LogP contribution in [0.3, 0.4) is 0 Å². The second-order valence-electron chi connectivity index (χ2n) is 4.74. The van der Waals surface area contributed by atoms with Gasteiger partial charge in [-0.15, -0.1) is 10.2 Å². The van der Waals surface area contributed by atoms with Crippen LogP contribution in [0.15, 0.2) is 18.2 Å². The molecule has 1 aromatic carbocycles. The highest BCUT2D eigenvalue weighted by Gasteiger charge is 2.39. The van der Waals surface area contributed by atoms with E-state index < -0.39 is 17.8 Å². The average molecular weight is 317 g/mol. The van der Waals surface area contributed by atoms with Crippen LogP contribution in [0.25, 0.3) is 0 Å². The maximum absolute atomic E-state index is 12.4. The van der Waals surface area contributed by atoms with E-state index in [1.165, 1.54) is 29.5 Å². The summed E-state index contributed by atoms with van der Waals surface area (Å²) in [5.41, 5.74) is 0.227. The van der Waals surface area contributed by atoms with Crippen LogP contribution in [0.4, 0.5) is 5.13 Å². The topological polar surface area (TPSA) is 100 Å². The Kier molecular flexibility index (Phi) is 3.45. The van der Waals surface area contributed by atoms with Crippen molar-refractivity contribution in [3.63, 3.8) is 0 Å². The molecule has 0 bridgehead atoms. The fourth-order valence-electron chi connectivity index (χ4n) is 2.20. The summed E-state index contributed by atoms with van der Waals surface area (Å²) in [7, 11) is 0. The van der Waals surface area contributed by atoms with E-state index in [0.717, 1.165) is 22.7 Å². The first-order chi connectivity index (χ1) is 10.5. The van der Waals surface area contributed by atoms with Gasteiger partial charge in [0.1, 0.15) is 5.01 Å². The fraction of sp³-hybridized carbons (Fsp3) is 0.214. The molecule has 0 radical (unpaired) electrons. The van der Waals surface area contributed by atoms with Gasteiger partial charge < -0.3 is 5.11 Å². The fourth-order valence-corrected chi connectivity index (χ4v) is 3.13. The lowest BCUT2D eigenvalue weighted by molar-refractivity contribution is 0.0696. The molecule has 8 heteroatoms. The molecule has 0 spiro atoms. The second kappa shape index (κ2) is 5.30. The van der Waals surface area contributed by atoms with Crippen molar-refractivity contribution in [2.45, 2.75) is 19.8 Å². The molecule has 0 saturated carbocycles. The summed E-state index contributed by atoms with van der Waals surface area (Å²) in [6.07, 6.45) is 1.61. The molecule has 2 amide bonds. The largest absolute Gasteiger partial charge is 0.478 e. The highest BCUT2D eigenvalue weighted by atomic mass is 32.1. The minimum Gasteiger partial charge on any atom is -0.478 e. The Balaban J connectivity index is 2.00. The number of fused-ring (bicyclic) bond motifs is 1. The zero-order chi connectivity index (χ0) is 15.9. The summed E-state index contributed by atoms with van der Waals surface area (Å²) >= 11 is 1.19. The molecular weight excluding hydrogens is 306 g/mol. The third kappa shape index (κ3) is 2.17. The van der Waals surface area contributed by atoms with Crippen molar-refractivity contribution in [3.8, 4) is 0 Å². The number of rotatable bonds is 4. The van der Waals surface area contributed by atoms with Gasteiger partial charge in [0.2, 0.25) is 5.13 Å². The smallest absolute Gasteiger partial charge is 0.335 e. The minimum absolute atomic E-state index is 0.0364. The van der Waals surface area contributed by atoms with E-state index in [1.54, 1.807) is 0 Å². The van der Waals surface area contributed by atoms with Crippen LogP contribution in [-0.4, -0.2) is 33.1 Å². The predicted molar refractivity (Wildman–Crippen MR) is 78.4 cm³/mol. The normalized spacial score (nSPS) is 13.6. The van der Waals surface area contributed by atoms with Gasteiger partial charge in [-0.2, -0.15) is 0 Å². The van der Waals surface area contributed by atoms with E-state index in [-0.39, 0.29) is 21.8 Å². The van der Waals surface area contributed by atoms with Gasteiger partial charge in [-0.3, -0.25) is 9.59 Å². The Hall–Kier alpha value is -2.61. The number of carboxylic acids is 1. The second-order valence-corrected chi connectivity index (χ2v) is 5.78. The molecule has 3 rings (SSSR count). The van der Waals surface area contributed by atoms with Gasteiger partial charge in [-0.1, -0.05) is 18.3 Å². The van der Waals surface area contributed by atoms with Gasteiger partial charge in [0, 0.05) is 6.42 Å². The molecule has 1 N–H and O–H groups in total. The third-order valence-electron chi connectivity index (χ3n) is 3.24. The molecule has 2 heterocycles. The van der Waals surface area contributed by atoms with Crippen LogP contribution in [0.1, 0.15) is 49.4 Å². The van der Waals surface area contributed by atoms with Crippen molar-refractivity contribution in [1.82, 2.24) is 10.2 Å². The van der Waals surface area contributed by atoms with Gasteiger partial charge in [-0.05, 0) is 24.6 Å². The molecular formula is C14H11N3O4S. The Bertz CT molecular complexity index is 799. The summed E-state index contributed by atoms with van der Waals surface area (Å²) in [4.78, 5) is 36.7. The molecule has 2 aromatic rings. The number of aryl methyl sites for hydroxylation is 1. The number of benzene rings is 1. The molecule has 0 unspecified atom stereocenters. The number of nitrogens with zero attached hydrogens (tertiary/aromatic N) is 3. The third-order valence-corrected chi connectivity index (χ3v) is 4.21. The lowest BCUT2D eigenvalue weighted by atomic mass is 10.1. The van der Waals surface area contributed by atoms with Crippen molar-refractivity contribution < 1.29 is 19.5 Å². The Morgan fingerprint density at radius 1 is 1.23 bits per heavy atom. The van der Waals surface area contributed by atoms with Gasteiger partial charge in [-0.25, -0.2) is 9.69 Å². The lowest BCUT2D eigenvalue weighted by Gasteiger charge is -2.07. The maximum atomic E-state index is 12.4. The Morgan fingerprint density at radius 3 is 2.64 bits per heavy atom. The number of carboxylic acid groups (broad SMARTS) is 1. The van der Waals surface area contributed by atoms with Crippen LogP contribution < -0.4 is 4.90 Å². The molecule has 1 aliphatic heterocycles. The van der Waals surface area contributed by atoms with Crippen LogP contribution >= 0.6 is 11.3 Å². The van der Waals surface area contributed by atoms with Gasteiger partial charge in [0.15, 0.2) is 0 Å². The minimum atomic E-state index is -1.15. The van der Waals surface area contributed by atoms with Crippen molar-refractivity contribution in [2.75, 3.05) is 4.90 Å². The van der Waals surface area contributed by atoms with Crippen LogP contribution in [0.5, 0.6) is 0 Å². The van der Waals surface area contributed by atoms with Crippen molar-refractivity contribution >= 4 is 34.3 Å². The first kappa shape index (κ1) is 14.3. The van der Waals surface area contributed by atoms with Crippen LogP contribution in [0, 0.1) is 0 Å². The van der Waals surface area contributed by atoms with E-state index >= 15 is 0 Å². The molecule has 1 aliphatic rings. The maximum Gasteiger partial charge on any atom is 0.335 e. The van der Waals surface area contributed by atoms with Gasteiger partial charge in [0.05, 0.1) is 16.7 Å². The summed E-state index contributed by atoms with van der Waals surface area (Å²) in [6.45, 7) is 2.00. The van der Waals surface area contributed by atoms with Crippen molar-refractivity contribution in [3.05, 3.63) is 39.9 Å². The number of carbonyl (C=O) groups is 3. The van der Waals surface area contributed by atoms with Crippen molar-refractivity contribution in [1.29, 1.82) is 0 Å². The number of carbonyl (C=O) groups excluding carboxylic acids is 2. The molecule has 112 valence electrons. The highest BCUT2D eigenvalue weighted by molar-refractivity contribution is 7.15. The first-order valence-electron chi connectivity index (χ1n) is 6.61. The highest BCUT2D eigenvalue weighted by Crippen LogP contribution is 2.31. The van der Waals surface area contributed by atoms with E-state index in [2.05, 4.69) is 10.2 Å². The number of hydrogen-bond donors (Lipinski definition) is 1. The predicted octanol–water partition coefficient (Wildman–Crippen LogP) is 1.99. The number of aromatic nitrogens is 2. The molecule has 7 nitrogen and oxygen atoms in total. The quantitative estimate of drug-likeness (QED) is 0.865. The summed E-state index contributed by atoms with van der Waals surface area (Å²) in [6, 6.07) is 3.87. The standard InChI is InChI=1S/C14H11N3O4S/c1-2-3-10-15-16-14(22-10)17-11(18)8-5-4-7(13(20)21)6-9(8)12(17)19/h4-6H,2-3H2,1H3,(H,20,21). The van der Waals surface area contributed by atoms with Gasteiger partial charge in [0.25, 0.3) is 11.8 Å². The van der Waals surface area contributed by atoms with E-state index in [9.17, 15) is 14.4 Å². The number of anilines is 1. The summed E-state index contributed by atoms with van der Waals surface area (Å²) in [5, 5.41) is 17.8. The summed E-state index contributed by atoms with van der Waals surface area (Å²) < 4.78 is 0. The first-order valence-corrected chi connectivity index (χ1v) is 7.43. The number of amides is 2.